The molecule has 0 unspecified atom stereocenters. The SMILES string of the molecule is Cc1cccnc1-c1csc(NCC2CCC3(CC2)CN(c2ccccc2)C(=O)O3)n1.Cl. The molecule has 2 aromatic heterocycles. The number of aryl methyl sites for hydroxylation is 1. The van der Waals surface area contributed by atoms with Gasteiger partial charge in [-0.05, 0) is 62.3 Å². The Kier molecular flexibility index (Phi) is 6.67. The van der Waals surface area contributed by atoms with Crippen molar-refractivity contribution in [3.63, 3.8) is 0 Å². The molecular formula is C24H27ClN4O2S. The molecule has 8 heteroatoms. The quantitative estimate of drug-likeness (QED) is 0.500. The van der Waals surface area contributed by atoms with Gasteiger partial charge in [0.2, 0.25) is 0 Å². The van der Waals surface area contributed by atoms with E-state index in [0.29, 0.717) is 12.5 Å². The van der Waals surface area contributed by atoms with Gasteiger partial charge in [0.15, 0.2) is 5.13 Å². The molecule has 168 valence electrons. The van der Waals surface area contributed by atoms with Crippen LogP contribution >= 0.6 is 23.7 Å². The van der Waals surface area contributed by atoms with Crippen molar-refractivity contribution in [1.29, 1.82) is 0 Å². The van der Waals surface area contributed by atoms with E-state index in [9.17, 15) is 4.79 Å². The number of benzene rings is 1. The molecule has 2 fully saturated rings. The molecular weight excluding hydrogens is 444 g/mol. The van der Waals surface area contributed by atoms with Gasteiger partial charge < -0.3 is 10.1 Å². The number of thiazole rings is 1. The molecule has 1 aromatic carbocycles. The average molecular weight is 471 g/mol. The van der Waals surface area contributed by atoms with Gasteiger partial charge in [0.1, 0.15) is 11.3 Å². The molecule has 1 saturated heterocycles. The van der Waals surface area contributed by atoms with Gasteiger partial charge in [-0.15, -0.1) is 23.7 Å². The van der Waals surface area contributed by atoms with Crippen LogP contribution in [0.4, 0.5) is 15.6 Å². The fraction of sp³-hybridized carbons (Fsp3) is 0.375. The van der Waals surface area contributed by atoms with Crippen LogP contribution in [0.25, 0.3) is 11.4 Å². The summed E-state index contributed by atoms with van der Waals surface area (Å²) in [5, 5.41) is 6.50. The van der Waals surface area contributed by atoms with E-state index in [1.165, 1.54) is 0 Å². The number of anilines is 2. The Bertz CT molecular complexity index is 1070. The molecule has 5 rings (SSSR count). The highest BCUT2D eigenvalue weighted by atomic mass is 35.5. The number of aromatic nitrogens is 2. The van der Waals surface area contributed by atoms with Crippen molar-refractivity contribution < 1.29 is 9.53 Å². The normalized spacial score (nSPS) is 22.5. The molecule has 3 aromatic rings. The summed E-state index contributed by atoms with van der Waals surface area (Å²) >= 11 is 1.62. The summed E-state index contributed by atoms with van der Waals surface area (Å²) in [6, 6.07) is 13.8. The van der Waals surface area contributed by atoms with E-state index in [0.717, 1.165) is 60.0 Å². The van der Waals surface area contributed by atoms with Crippen molar-refractivity contribution in [2.45, 2.75) is 38.2 Å². The minimum absolute atomic E-state index is 0. The molecule has 32 heavy (non-hydrogen) atoms. The zero-order valence-corrected chi connectivity index (χ0v) is 19.6. The average Bonchev–Trinajstić information content (AvgIpc) is 3.39. The van der Waals surface area contributed by atoms with E-state index in [1.54, 1.807) is 22.4 Å². The molecule has 1 saturated carbocycles. The number of hydrogen-bond acceptors (Lipinski definition) is 6. The molecule has 1 N–H and O–H groups in total. The molecule has 2 aliphatic rings. The van der Waals surface area contributed by atoms with E-state index < -0.39 is 0 Å². The summed E-state index contributed by atoms with van der Waals surface area (Å²) in [5.41, 5.74) is 3.57. The standard InChI is InChI=1S/C24H26N4O2S.ClH/c1-17-6-5-13-25-21(17)20-15-31-22(27-20)26-14-18-9-11-24(12-10-18)16-28(23(29)30-24)19-7-3-2-4-8-19;/h2-8,13,15,18H,9-12,14,16H2,1H3,(H,26,27);1H. The van der Waals surface area contributed by atoms with Crippen LogP contribution in [0, 0.1) is 12.8 Å². The number of halogens is 1. The number of rotatable bonds is 5. The Morgan fingerprint density at radius 3 is 2.72 bits per heavy atom. The third kappa shape index (κ3) is 4.59. The van der Waals surface area contributed by atoms with Crippen LogP contribution < -0.4 is 10.2 Å². The summed E-state index contributed by atoms with van der Waals surface area (Å²) < 4.78 is 5.88. The second-order valence-electron chi connectivity index (χ2n) is 8.50. The Morgan fingerprint density at radius 1 is 1.19 bits per heavy atom. The van der Waals surface area contributed by atoms with Crippen molar-refractivity contribution in [2.75, 3.05) is 23.3 Å². The zero-order valence-electron chi connectivity index (χ0n) is 18.0. The molecule has 0 bridgehead atoms. The number of carbonyl (C=O) groups is 1. The van der Waals surface area contributed by atoms with Crippen molar-refractivity contribution in [3.05, 3.63) is 59.6 Å². The first-order valence-electron chi connectivity index (χ1n) is 10.8. The third-order valence-electron chi connectivity index (χ3n) is 6.35. The molecule has 6 nitrogen and oxygen atoms in total. The number of nitrogens with one attached hydrogen (secondary N) is 1. The first kappa shape index (κ1) is 22.6. The Hall–Kier alpha value is -2.64. The van der Waals surface area contributed by atoms with Gasteiger partial charge in [-0.2, -0.15) is 0 Å². The fourth-order valence-electron chi connectivity index (χ4n) is 4.55. The molecule has 1 amide bonds. The minimum Gasteiger partial charge on any atom is -0.441 e. The van der Waals surface area contributed by atoms with E-state index in [2.05, 4.69) is 28.7 Å². The van der Waals surface area contributed by atoms with E-state index in [1.807, 2.05) is 36.4 Å². The lowest BCUT2D eigenvalue weighted by Crippen LogP contribution is -2.39. The van der Waals surface area contributed by atoms with Crippen LogP contribution in [0.2, 0.25) is 0 Å². The lowest BCUT2D eigenvalue weighted by molar-refractivity contribution is 0.0148. The second kappa shape index (κ2) is 9.46. The van der Waals surface area contributed by atoms with Gasteiger partial charge >= 0.3 is 6.09 Å². The highest BCUT2D eigenvalue weighted by molar-refractivity contribution is 7.14. The molecule has 1 aliphatic heterocycles. The van der Waals surface area contributed by atoms with Gasteiger partial charge in [-0.25, -0.2) is 9.78 Å². The minimum atomic E-state index is -0.339. The zero-order chi connectivity index (χ0) is 21.3. The Morgan fingerprint density at radius 2 is 1.97 bits per heavy atom. The summed E-state index contributed by atoms with van der Waals surface area (Å²) in [6.07, 6.45) is 5.49. The fourth-order valence-corrected chi connectivity index (χ4v) is 5.25. The van der Waals surface area contributed by atoms with Crippen molar-refractivity contribution in [1.82, 2.24) is 9.97 Å². The molecule has 0 radical (unpaired) electrons. The number of para-hydroxylation sites is 1. The van der Waals surface area contributed by atoms with Crippen molar-refractivity contribution in [3.8, 4) is 11.4 Å². The number of pyridine rings is 1. The summed E-state index contributed by atoms with van der Waals surface area (Å²) in [7, 11) is 0. The number of ether oxygens (including phenoxy) is 1. The van der Waals surface area contributed by atoms with Gasteiger partial charge in [-0.3, -0.25) is 9.88 Å². The lowest BCUT2D eigenvalue weighted by atomic mass is 9.78. The van der Waals surface area contributed by atoms with Crippen LogP contribution in [-0.2, 0) is 4.74 Å². The van der Waals surface area contributed by atoms with Crippen LogP contribution in [0.3, 0.4) is 0 Å². The monoisotopic (exact) mass is 470 g/mol. The maximum atomic E-state index is 12.5. The van der Waals surface area contributed by atoms with Crippen LogP contribution in [0.5, 0.6) is 0 Å². The van der Waals surface area contributed by atoms with Gasteiger partial charge in [0.25, 0.3) is 0 Å². The van der Waals surface area contributed by atoms with Crippen LogP contribution in [0.15, 0.2) is 54.0 Å². The Labute approximate surface area is 198 Å². The predicted molar refractivity (Wildman–Crippen MR) is 131 cm³/mol. The lowest BCUT2D eigenvalue weighted by Gasteiger charge is -2.35. The van der Waals surface area contributed by atoms with Crippen molar-refractivity contribution in [2.24, 2.45) is 5.92 Å². The number of amides is 1. The largest absolute Gasteiger partial charge is 0.441 e. The number of nitrogens with zero attached hydrogens (tertiary/aromatic N) is 3. The van der Waals surface area contributed by atoms with Gasteiger partial charge in [0, 0.05) is 23.8 Å². The highest BCUT2D eigenvalue weighted by Gasteiger charge is 2.47. The molecule has 1 aliphatic carbocycles. The maximum absolute atomic E-state index is 12.5. The van der Waals surface area contributed by atoms with E-state index in [4.69, 9.17) is 9.72 Å². The van der Waals surface area contributed by atoms with Gasteiger partial charge in [0.05, 0.1) is 12.2 Å². The summed E-state index contributed by atoms with van der Waals surface area (Å²) in [4.78, 5) is 23.4. The van der Waals surface area contributed by atoms with Crippen LogP contribution in [0.1, 0.15) is 31.2 Å². The molecule has 1 spiro atoms. The number of hydrogen-bond donors (Lipinski definition) is 1. The van der Waals surface area contributed by atoms with E-state index >= 15 is 0 Å². The first-order valence-corrected chi connectivity index (χ1v) is 11.7. The topological polar surface area (TPSA) is 67.4 Å². The summed E-state index contributed by atoms with van der Waals surface area (Å²) in [6.45, 7) is 3.59. The second-order valence-corrected chi connectivity index (χ2v) is 9.36. The molecule has 0 atom stereocenters. The first-order chi connectivity index (χ1) is 15.1. The smallest absolute Gasteiger partial charge is 0.415 e. The van der Waals surface area contributed by atoms with Crippen LogP contribution in [-0.4, -0.2) is 34.8 Å². The summed E-state index contributed by atoms with van der Waals surface area (Å²) in [5.74, 6) is 0.555. The third-order valence-corrected chi connectivity index (χ3v) is 7.15. The number of carbonyl (C=O) groups excluding carboxylic acids is 1. The molecule has 3 heterocycles. The predicted octanol–water partition coefficient (Wildman–Crippen LogP) is 5.93. The van der Waals surface area contributed by atoms with Gasteiger partial charge in [-0.1, -0.05) is 24.3 Å². The Balaban J connectivity index is 0.00000245. The van der Waals surface area contributed by atoms with E-state index in [-0.39, 0.29) is 24.1 Å². The van der Waals surface area contributed by atoms with Crippen molar-refractivity contribution >= 4 is 40.7 Å². The maximum Gasteiger partial charge on any atom is 0.415 e. The highest BCUT2D eigenvalue weighted by Crippen LogP contribution is 2.41.